The van der Waals surface area contributed by atoms with Crippen molar-refractivity contribution in [2.24, 2.45) is 5.92 Å². The van der Waals surface area contributed by atoms with Crippen molar-refractivity contribution in [3.63, 3.8) is 0 Å². The van der Waals surface area contributed by atoms with Crippen LogP contribution in [0, 0.1) is 5.92 Å². The second kappa shape index (κ2) is 6.61. The summed E-state index contributed by atoms with van der Waals surface area (Å²) in [4.78, 5) is 0. The van der Waals surface area contributed by atoms with Gasteiger partial charge in [-0.2, -0.15) is 0 Å². The largest absolute Gasteiger partial charge is 0.378 e. The lowest BCUT2D eigenvalue weighted by molar-refractivity contribution is 0.00806. The fraction of sp³-hybridized carbons (Fsp3) is 1.00. The summed E-state index contributed by atoms with van der Waals surface area (Å²) in [7, 11) is 2.12. The van der Waals surface area contributed by atoms with E-state index in [9.17, 15) is 0 Å². The van der Waals surface area contributed by atoms with Crippen molar-refractivity contribution < 1.29 is 4.74 Å². The van der Waals surface area contributed by atoms with E-state index in [1.807, 2.05) is 0 Å². The molecule has 2 rings (SSSR count). The van der Waals surface area contributed by atoms with E-state index in [0.717, 1.165) is 18.6 Å². The Morgan fingerprint density at radius 3 is 2.62 bits per heavy atom. The van der Waals surface area contributed by atoms with Crippen molar-refractivity contribution >= 4 is 0 Å². The summed E-state index contributed by atoms with van der Waals surface area (Å²) in [5.41, 5.74) is 0. The van der Waals surface area contributed by atoms with Crippen LogP contribution in [-0.4, -0.2) is 25.8 Å². The Morgan fingerprint density at radius 1 is 1.19 bits per heavy atom. The minimum absolute atomic E-state index is 0.561. The van der Waals surface area contributed by atoms with E-state index in [2.05, 4.69) is 12.4 Å². The predicted octanol–water partition coefficient (Wildman–Crippen LogP) is 3.11. The van der Waals surface area contributed by atoms with Crippen LogP contribution in [0.2, 0.25) is 0 Å². The van der Waals surface area contributed by atoms with Crippen LogP contribution in [0.5, 0.6) is 0 Å². The first-order valence-electron chi connectivity index (χ1n) is 7.17. The second-order valence-corrected chi connectivity index (χ2v) is 5.58. The van der Waals surface area contributed by atoms with E-state index in [0.29, 0.717) is 6.10 Å². The molecule has 2 nitrogen and oxygen atoms in total. The van der Waals surface area contributed by atoms with Gasteiger partial charge in [0.05, 0.1) is 6.10 Å². The average molecular weight is 225 g/mol. The fourth-order valence-electron chi connectivity index (χ4n) is 2.93. The molecule has 0 aromatic carbocycles. The maximum absolute atomic E-state index is 5.79. The van der Waals surface area contributed by atoms with E-state index in [1.165, 1.54) is 57.8 Å². The number of nitrogens with one attached hydrogen (secondary N) is 1. The van der Waals surface area contributed by atoms with Gasteiger partial charge in [-0.3, -0.25) is 0 Å². The normalized spacial score (nSPS) is 28.7. The van der Waals surface area contributed by atoms with Gasteiger partial charge < -0.3 is 10.1 Å². The van der Waals surface area contributed by atoms with Crippen LogP contribution >= 0.6 is 0 Å². The fourth-order valence-corrected chi connectivity index (χ4v) is 2.93. The minimum atomic E-state index is 0.561. The maximum Gasteiger partial charge on any atom is 0.0575 e. The van der Waals surface area contributed by atoms with Gasteiger partial charge in [-0.25, -0.2) is 0 Å². The van der Waals surface area contributed by atoms with Crippen molar-refractivity contribution in [1.82, 2.24) is 5.32 Å². The van der Waals surface area contributed by atoms with Gasteiger partial charge in [0, 0.05) is 12.6 Å². The third-order valence-electron chi connectivity index (χ3n) is 4.36. The van der Waals surface area contributed by atoms with Gasteiger partial charge in [0.25, 0.3) is 0 Å². The van der Waals surface area contributed by atoms with Crippen LogP contribution in [-0.2, 0) is 4.74 Å². The standard InChI is InChI=1S/C14H27NO/c1-15-13(11-12-5-4-6-12)8-9-14-7-2-3-10-16-14/h12-15H,2-11H2,1H3. The molecule has 94 valence electrons. The van der Waals surface area contributed by atoms with Crippen molar-refractivity contribution in [3.8, 4) is 0 Å². The predicted molar refractivity (Wildman–Crippen MR) is 67.6 cm³/mol. The monoisotopic (exact) mass is 225 g/mol. The molecule has 1 heterocycles. The van der Waals surface area contributed by atoms with Crippen LogP contribution in [0.1, 0.15) is 57.8 Å². The average Bonchev–Trinajstić information content (AvgIpc) is 2.28. The lowest BCUT2D eigenvalue weighted by Gasteiger charge is -2.31. The van der Waals surface area contributed by atoms with Crippen LogP contribution < -0.4 is 5.32 Å². The highest BCUT2D eigenvalue weighted by molar-refractivity contribution is 4.77. The van der Waals surface area contributed by atoms with Crippen molar-refractivity contribution in [2.45, 2.75) is 69.9 Å². The minimum Gasteiger partial charge on any atom is -0.378 e. The maximum atomic E-state index is 5.79. The zero-order valence-electron chi connectivity index (χ0n) is 10.7. The molecule has 0 spiro atoms. The Hall–Kier alpha value is -0.0800. The first-order chi connectivity index (χ1) is 7.88. The summed E-state index contributed by atoms with van der Waals surface area (Å²) >= 11 is 0. The van der Waals surface area contributed by atoms with Gasteiger partial charge in [-0.15, -0.1) is 0 Å². The molecule has 1 aliphatic heterocycles. The molecule has 0 radical (unpaired) electrons. The lowest BCUT2D eigenvalue weighted by atomic mass is 9.80. The smallest absolute Gasteiger partial charge is 0.0575 e. The Morgan fingerprint density at radius 2 is 2.06 bits per heavy atom. The Balaban J connectivity index is 1.61. The third kappa shape index (κ3) is 3.74. The van der Waals surface area contributed by atoms with Crippen molar-refractivity contribution in [2.75, 3.05) is 13.7 Å². The summed E-state index contributed by atoms with van der Waals surface area (Å²) in [5, 5.41) is 3.49. The highest BCUT2D eigenvalue weighted by Gasteiger charge is 2.22. The summed E-state index contributed by atoms with van der Waals surface area (Å²) in [5.74, 6) is 1.02. The highest BCUT2D eigenvalue weighted by atomic mass is 16.5. The van der Waals surface area contributed by atoms with Gasteiger partial charge in [-0.05, 0) is 51.5 Å². The molecule has 16 heavy (non-hydrogen) atoms. The van der Waals surface area contributed by atoms with E-state index in [-0.39, 0.29) is 0 Å². The highest BCUT2D eigenvalue weighted by Crippen LogP contribution is 2.31. The molecule has 1 saturated carbocycles. The lowest BCUT2D eigenvalue weighted by Crippen LogP contribution is -2.31. The SMILES string of the molecule is CNC(CCC1CCCCO1)CC1CCC1. The molecule has 2 unspecified atom stereocenters. The van der Waals surface area contributed by atoms with Crippen molar-refractivity contribution in [1.29, 1.82) is 0 Å². The van der Waals surface area contributed by atoms with Crippen LogP contribution in [0.4, 0.5) is 0 Å². The Kier molecular flexibility index (Phi) is 5.11. The molecule has 0 aromatic rings. The molecule has 2 heteroatoms. The number of hydrogen-bond donors (Lipinski definition) is 1. The first kappa shape index (κ1) is 12.4. The molecular formula is C14H27NO. The molecule has 2 atom stereocenters. The summed E-state index contributed by atoms with van der Waals surface area (Å²) in [6.45, 7) is 0.998. The molecule has 2 aliphatic rings. The Labute approximate surface area is 100 Å². The molecule has 1 N–H and O–H groups in total. The third-order valence-corrected chi connectivity index (χ3v) is 4.36. The van der Waals surface area contributed by atoms with E-state index in [4.69, 9.17) is 4.74 Å². The number of ether oxygens (including phenoxy) is 1. The van der Waals surface area contributed by atoms with Gasteiger partial charge >= 0.3 is 0 Å². The van der Waals surface area contributed by atoms with Gasteiger partial charge in [0.1, 0.15) is 0 Å². The molecule has 0 aromatic heterocycles. The zero-order chi connectivity index (χ0) is 11.2. The molecule has 0 amide bonds. The molecule has 2 fully saturated rings. The van der Waals surface area contributed by atoms with Gasteiger partial charge in [0.2, 0.25) is 0 Å². The van der Waals surface area contributed by atoms with Crippen LogP contribution in [0.15, 0.2) is 0 Å². The van der Waals surface area contributed by atoms with Gasteiger partial charge in [0.15, 0.2) is 0 Å². The Bertz CT molecular complexity index is 185. The summed E-state index contributed by atoms with van der Waals surface area (Å²) in [6.07, 6.45) is 12.9. The quantitative estimate of drug-likeness (QED) is 0.750. The topological polar surface area (TPSA) is 21.3 Å². The molecule has 0 bridgehead atoms. The molecule has 1 saturated heterocycles. The van der Waals surface area contributed by atoms with Crippen LogP contribution in [0.3, 0.4) is 0 Å². The molecular weight excluding hydrogens is 198 g/mol. The first-order valence-corrected chi connectivity index (χ1v) is 7.17. The number of rotatable bonds is 6. The van der Waals surface area contributed by atoms with Crippen molar-refractivity contribution in [3.05, 3.63) is 0 Å². The van der Waals surface area contributed by atoms with E-state index < -0.39 is 0 Å². The second-order valence-electron chi connectivity index (χ2n) is 5.58. The van der Waals surface area contributed by atoms with Gasteiger partial charge in [-0.1, -0.05) is 19.3 Å². The molecule has 1 aliphatic carbocycles. The van der Waals surface area contributed by atoms with E-state index >= 15 is 0 Å². The zero-order valence-corrected chi connectivity index (χ0v) is 10.7. The van der Waals surface area contributed by atoms with E-state index in [1.54, 1.807) is 0 Å². The summed E-state index contributed by atoms with van der Waals surface area (Å²) in [6, 6.07) is 0.732. The number of hydrogen-bond acceptors (Lipinski definition) is 2. The van der Waals surface area contributed by atoms with Crippen LogP contribution in [0.25, 0.3) is 0 Å². The summed E-state index contributed by atoms with van der Waals surface area (Å²) < 4.78 is 5.79.